The Balaban J connectivity index is 1.34. The Morgan fingerprint density at radius 3 is 2.61 bits per heavy atom. The zero-order valence-corrected chi connectivity index (χ0v) is 24.8. The Bertz CT molecular complexity index is 1420. The molecule has 2 aromatic carbocycles. The fraction of sp³-hybridized carbons (Fsp3) is 0.485. The second-order valence-electron chi connectivity index (χ2n) is 12.4. The van der Waals surface area contributed by atoms with Crippen LogP contribution >= 0.6 is 11.6 Å². The molecule has 8 atom stereocenters. The first-order chi connectivity index (χ1) is 19.6. The van der Waals surface area contributed by atoms with E-state index in [0.29, 0.717) is 22.5 Å². The molecule has 3 fully saturated rings. The normalized spacial score (nSPS) is 33.6. The van der Waals surface area contributed by atoms with E-state index in [-0.39, 0.29) is 30.3 Å². The van der Waals surface area contributed by atoms with Crippen LogP contribution in [0.1, 0.15) is 49.8 Å². The number of aryl methyl sites for hydroxylation is 2. The minimum absolute atomic E-state index is 0.0189. The van der Waals surface area contributed by atoms with Crippen LogP contribution in [0.3, 0.4) is 0 Å². The van der Waals surface area contributed by atoms with Gasteiger partial charge in [-0.05, 0) is 67.0 Å². The number of nitrogens with one attached hydrogen (secondary N) is 2. The predicted molar refractivity (Wildman–Crippen MR) is 158 cm³/mol. The molecule has 3 aliphatic heterocycles. The molecule has 2 bridgehead atoms. The maximum absolute atomic E-state index is 14.3. The smallest absolute Gasteiger partial charge is 0.246 e. The lowest BCUT2D eigenvalue weighted by atomic mass is 9.73. The van der Waals surface area contributed by atoms with E-state index in [1.807, 2.05) is 62.4 Å². The number of halogens is 1. The molecule has 3 heterocycles. The Labute approximate surface area is 246 Å². The number of fused-ring (bicyclic) bond motifs is 1. The first kappa shape index (κ1) is 28.0. The largest absolute Gasteiger partial charge is 0.359 e. The van der Waals surface area contributed by atoms with Gasteiger partial charge in [-0.25, -0.2) is 0 Å². The molecule has 3 amide bonds. The predicted octanol–water partition coefficient (Wildman–Crippen LogP) is 5.19. The van der Waals surface area contributed by atoms with Crippen LogP contribution in [0.5, 0.6) is 0 Å². The number of ether oxygens (including phenoxy) is 1. The summed E-state index contributed by atoms with van der Waals surface area (Å²) in [6.45, 7) is 8.57. The minimum Gasteiger partial charge on any atom is -0.359 e. The summed E-state index contributed by atoms with van der Waals surface area (Å²) in [4.78, 5) is 43.8. The van der Waals surface area contributed by atoms with E-state index in [2.05, 4.69) is 24.5 Å². The van der Waals surface area contributed by atoms with Gasteiger partial charge in [-0.3, -0.25) is 14.4 Å². The molecule has 1 aliphatic carbocycles. The van der Waals surface area contributed by atoms with Crippen LogP contribution in [0.25, 0.3) is 0 Å². The molecule has 0 radical (unpaired) electrons. The maximum Gasteiger partial charge on any atom is 0.246 e. The molecule has 1 saturated carbocycles. The van der Waals surface area contributed by atoms with E-state index in [0.717, 1.165) is 36.0 Å². The van der Waals surface area contributed by atoms with Crippen molar-refractivity contribution in [3.05, 3.63) is 76.3 Å². The van der Waals surface area contributed by atoms with Crippen molar-refractivity contribution < 1.29 is 19.1 Å². The zero-order valence-electron chi connectivity index (χ0n) is 24.0. The molecule has 6 rings (SSSR count). The minimum atomic E-state index is -1.22. The van der Waals surface area contributed by atoms with Gasteiger partial charge < -0.3 is 20.3 Å². The van der Waals surface area contributed by atoms with E-state index in [9.17, 15) is 14.4 Å². The zero-order chi connectivity index (χ0) is 29.1. The number of carbonyl (C=O) groups is 3. The lowest BCUT2D eigenvalue weighted by molar-refractivity contribution is -0.142. The number of carbonyl (C=O) groups excluding carboxylic acids is 3. The fourth-order valence-electron chi connectivity index (χ4n) is 7.34. The van der Waals surface area contributed by atoms with Gasteiger partial charge in [0.15, 0.2) is 0 Å². The van der Waals surface area contributed by atoms with E-state index >= 15 is 0 Å². The topological polar surface area (TPSA) is 87.7 Å². The fourth-order valence-corrected chi connectivity index (χ4v) is 7.54. The monoisotopic (exact) mass is 575 g/mol. The van der Waals surface area contributed by atoms with Gasteiger partial charge in [0.2, 0.25) is 17.7 Å². The second-order valence-corrected chi connectivity index (χ2v) is 12.8. The van der Waals surface area contributed by atoms with Gasteiger partial charge in [0.1, 0.15) is 11.6 Å². The molecule has 2 N–H and O–H groups in total. The molecular weight excluding hydrogens is 538 g/mol. The molecule has 1 spiro atoms. The summed E-state index contributed by atoms with van der Waals surface area (Å²) < 4.78 is 6.51. The first-order valence-corrected chi connectivity index (χ1v) is 15.1. The molecule has 216 valence electrons. The molecule has 8 heteroatoms. The molecule has 41 heavy (non-hydrogen) atoms. The van der Waals surface area contributed by atoms with Gasteiger partial charge in [0.25, 0.3) is 0 Å². The summed E-state index contributed by atoms with van der Waals surface area (Å²) in [6.07, 6.45) is 6.21. The summed E-state index contributed by atoms with van der Waals surface area (Å²) in [7, 11) is 0. The SMILES string of the molecule is Cc1ccc(NC(=O)[C@@H]2[C@@H]3C=C[C@]4(O3)[C@@H]2C(=O)N(Cc2ccccc2Cl)[C@H]4C(=O)N[C@@H]2CCC[C@H](C)[C@H]2C)cc1C. The number of rotatable bonds is 6. The van der Waals surface area contributed by atoms with E-state index in [1.165, 1.54) is 0 Å². The number of amides is 3. The van der Waals surface area contributed by atoms with Crippen molar-refractivity contribution >= 4 is 35.0 Å². The lowest BCUT2D eigenvalue weighted by Gasteiger charge is -2.38. The average Bonchev–Trinajstić information content (AvgIpc) is 3.58. The third-order valence-corrected chi connectivity index (χ3v) is 10.4. The number of anilines is 1. The van der Waals surface area contributed by atoms with Crippen LogP contribution in [0.4, 0.5) is 5.69 Å². The third kappa shape index (κ3) is 4.67. The second kappa shape index (κ2) is 10.6. The third-order valence-electron chi connectivity index (χ3n) is 10.0. The van der Waals surface area contributed by atoms with Crippen LogP contribution in [0, 0.1) is 37.5 Å². The number of hydrogen-bond donors (Lipinski definition) is 2. The van der Waals surface area contributed by atoms with Crippen molar-refractivity contribution in [3.8, 4) is 0 Å². The van der Waals surface area contributed by atoms with Crippen molar-refractivity contribution in [2.24, 2.45) is 23.7 Å². The quantitative estimate of drug-likeness (QED) is 0.464. The van der Waals surface area contributed by atoms with Gasteiger partial charge in [0.05, 0.1) is 17.9 Å². The van der Waals surface area contributed by atoms with Gasteiger partial charge in [-0.2, -0.15) is 0 Å². The number of benzene rings is 2. The summed E-state index contributed by atoms with van der Waals surface area (Å²) >= 11 is 6.51. The molecule has 0 aromatic heterocycles. The Kier molecular flexibility index (Phi) is 7.23. The summed E-state index contributed by atoms with van der Waals surface area (Å²) in [5, 5.41) is 6.83. The Hall–Kier alpha value is -3.16. The molecule has 7 nitrogen and oxygen atoms in total. The summed E-state index contributed by atoms with van der Waals surface area (Å²) in [6, 6.07) is 12.2. The number of nitrogens with zero attached hydrogens (tertiary/aromatic N) is 1. The number of likely N-dealkylation sites (tertiary alicyclic amines) is 1. The van der Waals surface area contributed by atoms with E-state index in [1.54, 1.807) is 11.0 Å². The highest BCUT2D eigenvalue weighted by Gasteiger charge is 2.72. The lowest BCUT2D eigenvalue weighted by Crippen LogP contribution is -2.57. The van der Waals surface area contributed by atoms with E-state index in [4.69, 9.17) is 16.3 Å². The molecule has 4 aliphatic rings. The molecule has 0 unspecified atom stereocenters. The first-order valence-electron chi connectivity index (χ1n) is 14.7. The molecular formula is C33H38ClN3O4. The van der Waals surface area contributed by atoms with Crippen LogP contribution in [-0.2, 0) is 25.7 Å². The van der Waals surface area contributed by atoms with Crippen LogP contribution in [0.15, 0.2) is 54.6 Å². The highest BCUT2D eigenvalue weighted by molar-refractivity contribution is 6.31. The molecule has 2 aromatic rings. The van der Waals surface area contributed by atoms with Gasteiger partial charge in [-0.15, -0.1) is 0 Å². The van der Waals surface area contributed by atoms with Crippen LogP contribution in [0.2, 0.25) is 5.02 Å². The van der Waals surface area contributed by atoms with Crippen LogP contribution < -0.4 is 10.6 Å². The standard InChI is InChI=1S/C33H38ClN3O4/c1-18-12-13-23(16-20(18)3)35-30(38)27-26-14-15-33(41-26)28(27)32(40)37(17-22-9-5-6-10-24(22)34)29(33)31(39)36-25-11-7-8-19(2)21(25)4/h5-6,9-10,12-16,19,21,25-29H,7-8,11,17H2,1-4H3,(H,35,38)(H,36,39)/t19-,21+,25+,26-,27+,28-,29-,33-/m0/s1. The highest BCUT2D eigenvalue weighted by atomic mass is 35.5. The van der Waals surface area contributed by atoms with Gasteiger partial charge >= 0.3 is 0 Å². The number of hydrogen-bond acceptors (Lipinski definition) is 4. The van der Waals surface area contributed by atoms with Crippen molar-refractivity contribution in [2.75, 3.05) is 5.32 Å². The maximum atomic E-state index is 14.3. The van der Waals surface area contributed by atoms with Crippen molar-refractivity contribution in [3.63, 3.8) is 0 Å². The van der Waals surface area contributed by atoms with Gasteiger partial charge in [-0.1, -0.05) is 74.7 Å². The van der Waals surface area contributed by atoms with Crippen LogP contribution in [-0.4, -0.2) is 46.4 Å². The van der Waals surface area contributed by atoms with E-state index < -0.39 is 29.6 Å². The summed E-state index contributed by atoms with van der Waals surface area (Å²) in [5.74, 6) is -1.53. The summed E-state index contributed by atoms with van der Waals surface area (Å²) in [5.41, 5.74) is 2.39. The van der Waals surface area contributed by atoms with Gasteiger partial charge in [0, 0.05) is 23.3 Å². The highest BCUT2D eigenvalue weighted by Crippen LogP contribution is 2.55. The molecule has 2 saturated heterocycles. The van der Waals surface area contributed by atoms with Crippen molar-refractivity contribution in [2.45, 2.75) is 77.3 Å². The van der Waals surface area contributed by atoms with Crippen molar-refractivity contribution in [1.82, 2.24) is 10.2 Å². The Morgan fingerprint density at radius 2 is 1.85 bits per heavy atom. The average molecular weight is 576 g/mol. The Morgan fingerprint density at radius 1 is 1.07 bits per heavy atom. The van der Waals surface area contributed by atoms with Crippen molar-refractivity contribution in [1.29, 1.82) is 0 Å².